The summed E-state index contributed by atoms with van der Waals surface area (Å²) in [5.41, 5.74) is 2.18. The number of sulfone groups is 1. The predicted molar refractivity (Wildman–Crippen MR) is 134 cm³/mol. The standard InChI is InChI=1S/C25H32N2O8S/c1-34-20-5-3-6-21(35-2)22(20)18-9-7-17(8-10-18)15-19(23(29)30)27-24(31)25(11-4-12-26-16-25)36(32,33)14-13-28/h3,5-10,19,26,28H,4,11-16H2,1-2H3,(H,27,31)(H,29,30)/t19-,25?/m0/s1. The van der Waals surface area contributed by atoms with Gasteiger partial charge in [0.2, 0.25) is 5.91 Å². The van der Waals surface area contributed by atoms with Crippen LogP contribution in [0, 0.1) is 0 Å². The van der Waals surface area contributed by atoms with Crippen molar-refractivity contribution >= 4 is 21.7 Å². The lowest BCUT2D eigenvalue weighted by atomic mass is 9.96. The van der Waals surface area contributed by atoms with E-state index in [4.69, 9.17) is 9.47 Å². The van der Waals surface area contributed by atoms with E-state index >= 15 is 0 Å². The summed E-state index contributed by atoms with van der Waals surface area (Å²) in [7, 11) is -0.914. The lowest BCUT2D eigenvalue weighted by Crippen LogP contribution is -2.63. The molecule has 0 saturated carbocycles. The summed E-state index contributed by atoms with van der Waals surface area (Å²) in [5, 5.41) is 24.4. The van der Waals surface area contributed by atoms with Crippen LogP contribution in [0.5, 0.6) is 11.5 Å². The molecule has 2 aromatic carbocycles. The molecule has 1 aliphatic rings. The molecular weight excluding hydrogens is 488 g/mol. The number of aliphatic hydroxyl groups is 1. The molecule has 3 rings (SSSR count). The van der Waals surface area contributed by atoms with Crippen LogP contribution in [0.25, 0.3) is 11.1 Å². The first-order valence-electron chi connectivity index (χ1n) is 11.6. The first-order chi connectivity index (χ1) is 17.2. The van der Waals surface area contributed by atoms with Crippen molar-refractivity contribution in [3.8, 4) is 22.6 Å². The Kier molecular flexibility index (Phi) is 8.93. The zero-order valence-electron chi connectivity index (χ0n) is 20.3. The van der Waals surface area contributed by atoms with Crippen LogP contribution >= 0.6 is 0 Å². The van der Waals surface area contributed by atoms with Crippen molar-refractivity contribution < 1.29 is 37.7 Å². The molecule has 0 radical (unpaired) electrons. The second-order valence-electron chi connectivity index (χ2n) is 8.62. The van der Waals surface area contributed by atoms with Gasteiger partial charge in [0.05, 0.1) is 32.1 Å². The van der Waals surface area contributed by atoms with E-state index in [9.17, 15) is 28.2 Å². The number of amides is 1. The monoisotopic (exact) mass is 520 g/mol. The maximum atomic E-state index is 13.2. The van der Waals surface area contributed by atoms with Crippen LogP contribution in [0.2, 0.25) is 0 Å². The number of aliphatic carboxylic acids is 1. The van der Waals surface area contributed by atoms with Gasteiger partial charge in [-0.3, -0.25) is 4.79 Å². The third-order valence-corrected chi connectivity index (χ3v) is 8.87. The molecule has 36 heavy (non-hydrogen) atoms. The van der Waals surface area contributed by atoms with Gasteiger partial charge in [-0.15, -0.1) is 0 Å². The van der Waals surface area contributed by atoms with Gasteiger partial charge in [-0.1, -0.05) is 30.3 Å². The van der Waals surface area contributed by atoms with Crippen LogP contribution in [0.3, 0.4) is 0 Å². The van der Waals surface area contributed by atoms with E-state index in [0.29, 0.717) is 30.0 Å². The average molecular weight is 521 g/mol. The summed E-state index contributed by atoms with van der Waals surface area (Å²) in [6.07, 6.45) is 0.438. The summed E-state index contributed by atoms with van der Waals surface area (Å²) < 4.78 is 34.9. The third kappa shape index (κ3) is 5.63. The molecule has 11 heteroatoms. The van der Waals surface area contributed by atoms with E-state index < -0.39 is 44.9 Å². The number of rotatable bonds is 11. The maximum absolute atomic E-state index is 13.2. The normalized spacial score (nSPS) is 18.8. The van der Waals surface area contributed by atoms with Crippen LogP contribution in [-0.2, 0) is 25.8 Å². The summed E-state index contributed by atoms with van der Waals surface area (Å²) in [5.74, 6) is -1.49. The van der Waals surface area contributed by atoms with E-state index in [0.717, 1.165) is 11.1 Å². The molecule has 1 saturated heterocycles. The molecule has 1 amide bonds. The number of piperidine rings is 1. The van der Waals surface area contributed by atoms with Crippen molar-refractivity contribution in [2.75, 3.05) is 39.7 Å². The first-order valence-corrected chi connectivity index (χ1v) is 13.2. The number of benzene rings is 2. The number of nitrogens with one attached hydrogen (secondary N) is 2. The van der Waals surface area contributed by atoms with Gasteiger partial charge in [0.25, 0.3) is 0 Å². The minimum Gasteiger partial charge on any atom is -0.496 e. The first kappa shape index (κ1) is 27.4. The number of carboxylic acids is 1. The van der Waals surface area contributed by atoms with E-state index in [-0.39, 0.29) is 19.4 Å². The van der Waals surface area contributed by atoms with Crippen molar-refractivity contribution in [3.63, 3.8) is 0 Å². The smallest absolute Gasteiger partial charge is 0.326 e. The predicted octanol–water partition coefficient (Wildman–Crippen LogP) is 1.01. The van der Waals surface area contributed by atoms with Gasteiger partial charge in [-0.2, -0.15) is 0 Å². The van der Waals surface area contributed by atoms with Crippen molar-refractivity contribution in [3.05, 3.63) is 48.0 Å². The molecule has 1 fully saturated rings. The van der Waals surface area contributed by atoms with E-state index in [1.54, 1.807) is 38.5 Å². The number of carboxylic acid groups (broad SMARTS) is 1. The fourth-order valence-electron chi connectivity index (χ4n) is 4.46. The lowest BCUT2D eigenvalue weighted by molar-refractivity contribution is -0.142. The highest BCUT2D eigenvalue weighted by atomic mass is 32.2. The highest BCUT2D eigenvalue weighted by Gasteiger charge is 2.51. The summed E-state index contributed by atoms with van der Waals surface area (Å²) in [6, 6.07) is 11.2. The van der Waals surface area contributed by atoms with Crippen molar-refractivity contribution in [2.24, 2.45) is 0 Å². The number of ether oxygens (including phenoxy) is 2. The topological polar surface area (TPSA) is 151 Å². The SMILES string of the molecule is COc1cccc(OC)c1-c1ccc(C[C@H](NC(=O)C2(S(=O)(=O)CCO)CCCNC2)C(=O)O)cc1. The molecule has 0 spiro atoms. The van der Waals surface area contributed by atoms with Crippen LogP contribution in [0.1, 0.15) is 18.4 Å². The molecule has 10 nitrogen and oxygen atoms in total. The minimum atomic E-state index is -4.03. The van der Waals surface area contributed by atoms with Crippen molar-refractivity contribution in [2.45, 2.75) is 30.1 Å². The quantitative estimate of drug-likeness (QED) is 0.340. The van der Waals surface area contributed by atoms with Gasteiger partial charge < -0.3 is 30.3 Å². The van der Waals surface area contributed by atoms with Crippen molar-refractivity contribution in [1.29, 1.82) is 0 Å². The Morgan fingerprint density at radius 1 is 1.11 bits per heavy atom. The molecule has 0 aromatic heterocycles. The number of carbonyl (C=O) groups excluding carboxylic acids is 1. The van der Waals surface area contributed by atoms with Gasteiger partial charge in [-0.05, 0) is 42.6 Å². The van der Waals surface area contributed by atoms with Crippen LogP contribution < -0.4 is 20.1 Å². The average Bonchev–Trinajstić information content (AvgIpc) is 2.88. The largest absolute Gasteiger partial charge is 0.496 e. The highest BCUT2D eigenvalue weighted by molar-refractivity contribution is 7.93. The Hall–Kier alpha value is -3.15. The Bertz CT molecular complexity index is 1150. The second-order valence-corrected chi connectivity index (χ2v) is 11.0. The van der Waals surface area contributed by atoms with Crippen LogP contribution in [0.4, 0.5) is 0 Å². The molecule has 1 aliphatic heterocycles. The second kappa shape index (κ2) is 11.7. The molecule has 1 unspecified atom stereocenters. The molecule has 196 valence electrons. The number of hydrogen-bond acceptors (Lipinski definition) is 8. The Balaban J connectivity index is 1.83. The highest BCUT2D eigenvalue weighted by Crippen LogP contribution is 2.38. The molecule has 2 atom stereocenters. The molecule has 4 N–H and O–H groups in total. The van der Waals surface area contributed by atoms with E-state index in [1.165, 1.54) is 0 Å². The van der Waals surface area contributed by atoms with Gasteiger partial charge in [0.15, 0.2) is 14.6 Å². The lowest BCUT2D eigenvalue weighted by Gasteiger charge is -2.36. The zero-order chi connectivity index (χ0) is 26.3. The minimum absolute atomic E-state index is 0.0476. The van der Waals surface area contributed by atoms with Crippen LogP contribution in [0.15, 0.2) is 42.5 Å². The number of methoxy groups -OCH3 is 2. The Morgan fingerprint density at radius 2 is 1.75 bits per heavy atom. The van der Waals surface area contributed by atoms with Gasteiger partial charge in [-0.25, -0.2) is 13.2 Å². The summed E-state index contributed by atoms with van der Waals surface area (Å²) in [4.78, 5) is 25.2. The molecule has 1 heterocycles. The van der Waals surface area contributed by atoms with E-state index in [2.05, 4.69) is 10.6 Å². The molecular formula is C25H32N2O8S. The van der Waals surface area contributed by atoms with Crippen molar-refractivity contribution in [1.82, 2.24) is 10.6 Å². The molecule has 0 aliphatic carbocycles. The summed E-state index contributed by atoms with van der Waals surface area (Å²) in [6.45, 7) is -0.207. The summed E-state index contributed by atoms with van der Waals surface area (Å²) >= 11 is 0. The van der Waals surface area contributed by atoms with Crippen LogP contribution in [-0.4, -0.2) is 81.0 Å². The molecule has 2 aromatic rings. The fourth-order valence-corrected chi connectivity index (χ4v) is 6.21. The number of hydrogen-bond donors (Lipinski definition) is 4. The molecule has 0 bridgehead atoms. The zero-order valence-corrected chi connectivity index (χ0v) is 21.1. The number of carbonyl (C=O) groups is 2. The Morgan fingerprint density at radius 3 is 2.25 bits per heavy atom. The number of aliphatic hydroxyl groups excluding tert-OH is 1. The van der Waals surface area contributed by atoms with Gasteiger partial charge >= 0.3 is 5.97 Å². The maximum Gasteiger partial charge on any atom is 0.326 e. The third-order valence-electron chi connectivity index (χ3n) is 6.43. The van der Waals surface area contributed by atoms with E-state index in [1.807, 2.05) is 18.2 Å². The van der Waals surface area contributed by atoms with Gasteiger partial charge in [0, 0.05) is 13.0 Å². The van der Waals surface area contributed by atoms with Gasteiger partial charge in [0.1, 0.15) is 17.5 Å². The fraction of sp³-hybridized carbons (Fsp3) is 0.440. The Labute approximate surface area is 210 Å².